The molecule has 0 saturated carbocycles. The third kappa shape index (κ3) is 4.01. The summed E-state index contributed by atoms with van der Waals surface area (Å²) >= 11 is 0. The number of anilines is 2. The van der Waals surface area contributed by atoms with E-state index in [1.807, 2.05) is 0 Å². The molecule has 0 aliphatic rings. The average Bonchev–Trinajstić information content (AvgIpc) is 2.45. The number of nitrogens with one attached hydrogen (secondary N) is 2. The maximum Gasteiger partial charge on any atom is 0.0342 e. The first-order valence-electron chi connectivity index (χ1n) is 7.80. The highest BCUT2D eigenvalue weighted by Crippen LogP contribution is 2.22. The molecule has 0 unspecified atom stereocenters. The zero-order valence-electron chi connectivity index (χ0n) is 13.6. The van der Waals surface area contributed by atoms with Gasteiger partial charge >= 0.3 is 0 Å². The van der Waals surface area contributed by atoms with Crippen molar-refractivity contribution in [3.8, 4) is 0 Å². The van der Waals surface area contributed by atoms with Crippen molar-refractivity contribution in [3.63, 3.8) is 0 Å². The van der Waals surface area contributed by atoms with Gasteiger partial charge in [-0.15, -0.1) is 0 Å². The molecule has 2 rings (SSSR count). The highest BCUT2D eigenvalue weighted by Gasteiger charge is 2.05. The van der Waals surface area contributed by atoms with Crippen molar-refractivity contribution in [3.05, 3.63) is 58.7 Å². The van der Waals surface area contributed by atoms with E-state index in [1.54, 1.807) is 0 Å². The second-order valence-electron chi connectivity index (χ2n) is 5.52. The summed E-state index contributed by atoms with van der Waals surface area (Å²) in [6.45, 7) is 10.6. The molecule has 0 saturated heterocycles. The Morgan fingerprint density at radius 1 is 0.714 bits per heavy atom. The van der Waals surface area contributed by atoms with Gasteiger partial charge < -0.3 is 10.6 Å². The van der Waals surface area contributed by atoms with Gasteiger partial charge in [0.1, 0.15) is 0 Å². The van der Waals surface area contributed by atoms with Crippen LogP contribution in [0.15, 0.2) is 36.4 Å². The molecule has 0 bridgehead atoms. The Morgan fingerprint density at radius 3 is 1.48 bits per heavy atom. The molecule has 0 aromatic heterocycles. The van der Waals surface area contributed by atoms with Crippen LogP contribution in [0.2, 0.25) is 0 Å². The number of rotatable bonds is 6. The Kier molecular flexibility index (Phi) is 5.26. The monoisotopic (exact) mass is 282 g/mol. The molecule has 0 radical (unpaired) electrons. The molecular weight excluding hydrogens is 256 g/mol. The van der Waals surface area contributed by atoms with Crippen molar-refractivity contribution in [2.24, 2.45) is 0 Å². The maximum absolute atomic E-state index is 3.36. The van der Waals surface area contributed by atoms with Gasteiger partial charge in [-0.25, -0.2) is 0 Å². The lowest BCUT2D eigenvalue weighted by Gasteiger charge is -2.13. The zero-order chi connectivity index (χ0) is 15.2. The SMILES string of the molecule is CCNc1ccc(Cc2ccc(NCC)cc2C)c(C)c1. The van der Waals surface area contributed by atoms with Crippen molar-refractivity contribution in [2.75, 3.05) is 23.7 Å². The largest absolute Gasteiger partial charge is 0.385 e. The topological polar surface area (TPSA) is 24.1 Å². The number of benzene rings is 2. The summed E-state index contributed by atoms with van der Waals surface area (Å²) in [5.41, 5.74) is 7.91. The highest BCUT2D eigenvalue weighted by molar-refractivity contribution is 5.52. The van der Waals surface area contributed by atoms with Crippen LogP contribution in [0.4, 0.5) is 11.4 Å². The van der Waals surface area contributed by atoms with Crippen LogP contribution >= 0.6 is 0 Å². The van der Waals surface area contributed by atoms with Gasteiger partial charge in [-0.3, -0.25) is 0 Å². The van der Waals surface area contributed by atoms with E-state index in [9.17, 15) is 0 Å². The predicted molar refractivity (Wildman–Crippen MR) is 93.5 cm³/mol. The summed E-state index contributed by atoms with van der Waals surface area (Å²) in [5.74, 6) is 0. The minimum Gasteiger partial charge on any atom is -0.385 e. The van der Waals surface area contributed by atoms with Crippen LogP contribution in [-0.2, 0) is 6.42 Å². The molecule has 0 fully saturated rings. The molecule has 0 amide bonds. The third-order valence-electron chi connectivity index (χ3n) is 3.83. The van der Waals surface area contributed by atoms with Gasteiger partial charge in [-0.2, -0.15) is 0 Å². The third-order valence-corrected chi connectivity index (χ3v) is 3.83. The lowest BCUT2D eigenvalue weighted by Crippen LogP contribution is -2.01. The van der Waals surface area contributed by atoms with Crippen LogP contribution in [0.3, 0.4) is 0 Å². The second kappa shape index (κ2) is 7.16. The highest BCUT2D eigenvalue weighted by atomic mass is 14.9. The van der Waals surface area contributed by atoms with E-state index in [-0.39, 0.29) is 0 Å². The van der Waals surface area contributed by atoms with Crippen LogP contribution in [-0.4, -0.2) is 13.1 Å². The lowest BCUT2D eigenvalue weighted by molar-refractivity contribution is 1.12. The Labute approximate surface area is 128 Å². The summed E-state index contributed by atoms with van der Waals surface area (Å²) in [6, 6.07) is 13.3. The fourth-order valence-corrected chi connectivity index (χ4v) is 2.62. The first-order chi connectivity index (χ1) is 10.1. The average molecular weight is 282 g/mol. The molecule has 21 heavy (non-hydrogen) atoms. The summed E-state index contributed by atoms with van der Waals surface area (Å²) in [5, 5.41) is 6.73. The summed E-state index contributed by atoms with van der Waals surface area (Å²) < 4.78 is 0. The second-order valence-corrected chi connectivity index (χ2v) is 5.52. The molecular formula is C19H26N2. The van der Waals surface area contributed by atoms with Crippen molar-refractivity contribution < 1.29 is 0 Å². The fourth-order valence-electron chi connectivity index (χ4n) is 2.62. The number of aryl methyl sites for hydroxylation is 2. The fraction of sp³-hybridized carbons (Fsp3) is 0.368. The van der Waals surface area contributed by atoms with E-state index in [1.165, 1.54) is 33.6 Å². The molecule has 2 nitrogen and oxygen atoms in total. The standard InChI is InChI=1S/C19H26N2/c1-5-20-18-9-7-16(14(3)11-18)13-17-8-10-19(21-6-2)12-15(17)4/h7-12,20-21H,5-6,13H2,1-4H3. The normalized spacial score (nSPS) is 10.5. The molecule has 2 N–H and O–H groups in total. The minimum absolute atomic E-state index is 0.962. The van der Waals surface area contributed by atoms with Gasteiger partial charge in [0.2, 0.25) is 0 Å². The molecule has 0 aliphatic heterocycles. The molecule has 2 aromatic rings. The maximum atomic E-state index is 3.36. The van der Waals surface area contributed by atoms with Gasteiger partial charge in [0.05, 0.1) is 0 Å². The van der Waals surface area contributed by atoms with E-state index in [4.69, 9.17) is 0 Å². The molecule has 0 atom stereocenters. The van der Waals surface area contributed by atoms with Gasteiger partial charge in [0, 0.05) is 24.5 Å². The van der Waals surface area contributed by atoms with E-state index < -0.39 is 0 Å². The minimum atomic E-state index is 0.962. The van der Waals surface area contributed by atoms with Gasteiger partial charge in [-0.1, -0.05) is 12.1 Å². The van der Waals surface area contributed by atoms with Gasteiger partial charge in [-0.05, 0) is 80.6 Å². The first-order valence-corrected chi connectivity index (χ1v) is 7.80. The van der Waals surface area contributed by atoms with Crippen LogP contribution in [0.5, 0.6) is 0 Å². The predicted octanol–water partition coefficient (Wildman–Crippen LogP) is 4.76. The van der Waals surface area contributed by atoms with Gasteiger partial charge in [0.15, 0.2) is 0 Å². The molecule has 0 heterocycles. The number of hydrogen-bond acceptors (Lipinski definition) is 2. The van der Waals surface area contributed by atoms with Crippen LogP contribution < -0.4 is 10.6 Å². The van der Waals surface area contributed by atoms with Crippen LogP contribution in [0, 0.1) is 13.8 Å². The Balaban J connectivity index is 2.18. The smallest absolute Gasteiger partial charge is 0.0342 e. The molecule has 2 heteroatoms. The molecule has 0 aliphatic carbocycles. The Bertz CT molecular complexity index is 549. The van der Waals surface area contributed by atoms with Crippen LogP contribution in [0.25, 0.3) is 0 Å². The van der Waals surface area contributed by atoms with E-state index in [0.29, 0.717) is 0 Å². The van der Waals surface area contributed by atoms with Gasteiger partial charge in [0.25, 0.3) is 0 Å². The molecule has 0 spiro atoms. The quantitative estimate of drug-likeness (QED) is 0.798. The van der Waals surface area contributed by atoms with Crippen molar-refractivity contribution in [2.45, 2.75) is 34.1 Å². The summed E-state index contributed by atoms with van der Waals surface area (Å²) in [6.07, 6.45) is 0.997. The molecule has 2 aromatic carbocycles. The number of hydrogen-bond donors (Lipinski definition) is 2. The van der Waals surface area contributed by atoms with Crippen molar-refractivity contribution >= 4 is 11.4 Å². The van der Waals surface area contributed by atoms with Crippen molar-refractivity contribution in [1.29, 1.82) is 0 Å². The zero-order valence-corrected chi connectivity index (χ0v) is 13.6. The molecule has 112 valence electrons. The van der Waals surface area contributed by atoms with E-state index >= 15 is 0 Å². The Morgan fingerprint density at radius 2 is 1.14 bits per heavy atom. The van der Waals surface area contributed by atoms with Crippen LogP contribution in [0.1, 0.15) is 36.1 Å². The summed E-state index contributed by atoms with van der Waals surface area (Å²) in [7, 11) is 0. The van der Waals surface area contributed by atoms with E-state index in [0.717, 1.165) is 19.5 Å². The van der Waals surface area contributed by atoms with E-state index in [2.05, 4.69) is 74.7 Å². The summed E-state index contributed by atoms with van der Waals surface area (Å²) in [4.78, 5) is 0. The first kappa shape index (κ1) is 15.4. The van der Waals surface area contributed by atoms with Crippen molar-refractivity contribution in [1.82, 2.24) is 0 Å². The Hall–Kier alpha value is -1.96. The lowest BCUT2D eigenvalue weighted by atomic mass is 9.96.